The Bertz CT molecular complexity index is 992. The van der Waals surface area contributed by atoms with Crippen LogP contribution in [0.15, 0.2) is 11.1 Å². The first-order valence-electron chi connectivity index (χ1n) is 10.2. The number of imidazole rings is 1. The van der Waals surface area contributed by atoms with Gasteiger partial charge in [0.05, 0.1) is 18.8 Å². The van der Waals surface area contributed by atoms with Crippen LogP contribution in [0.3, 0.4) is 0 Å². The van der Waals surface area contributed by atoms with Gasteiger partial charge in [0.15, 0.2) is 6.33 Å². The van der Waals surface area contributed by atoms with Gasteiger partial charge in [-0.15, -0.1) is 4.52 Å². The number of aryl methyl sites for hydroxylation is 1. The first-order chi connectivity index (χ1) is 14.6. The van der Waals surface area contributed by atoms with Crippen molar-refractivity contribution < 1.29 is 32.8 Å². The van der Waals surface area contributed by atoms with Gasteiger partial charge < -0.3 is 24.8 Å². The minimum Gasteiger partial charge on any atom is -0.566 e. The topological polar surface area (TPSA) is 158 Å². The summed E-state index contributed by atoms with van der Waals surface area (Å²) in [7, 11) is -3.05. The van der Waals surface area contributed by atoms with E-state index in [2.05, 4.69) is 9.97 Å². The number of aromatic amines is 1. The lowest BCUT2D eigenvalue weighted by atomic mass is 10.1. The number of nitrogens with one attached hydrogen (secondary N) is 1. The number of hydrogen-bond acceptors (Lipinski definition) is 9. The van der Waals surface area contributed by atoms with Gasteiger partial charge in [-0.2, -0.15) is 0 Å². The van der Waals surface area contributed by atoms with Gasteiger partial charge in [0.25, 0.3) is 11.5 Å². The maximum absolute atomic E-state index is 12.5. The summed E-state index contributed by atoms with van der Waals surface area (Å²) in [4.78, 5) is 30.3. The van der Waals surface area contributed by atoms with Gasteiger partial charge in [0.2, 0.25) is 11.7 Å². The minimum absolute atomic E-state index is 0.0300. The number of rotatable bonds is 9. The highest BCUT2D eigenvalue weighted by molar-refractivity contribution is 7.30. The highest BCUT2D eigenvalue weighted by atomic mass is 31.1. The largest absolute Gasteiger partial charge is 0.566 e. The third kappa shape index (κ3) is 5.11. The van der Waals surface area contributed by atoms with Gasteiger partial charge in [0.1, 0.15) is 24.9 Å². The van der Waals surface area contributed by atoms with Crippen LogP contribution >= 0.6 is 8.25 Å². The molecular weight excluding hydrogens is 429 g/mol. The molecule has 172 valence electrons. The number of nitrogens with zero attached hydrogens (tertiary/aromatic N) is 3. The number of ether oxygens (including phenoxy) is 3. The number of nitrogens with two attached hydrogens (primary N) is 1. The van der Waals surface area contributed by atoms with Crippen LogP contribution in [0.1, 0.15) is 40.8 Å². The molecule has 3 N–H and O–H groups in total. The molecule has 0 amide bonds. The summed E-state index contributed by atoms with van der Waals surface area (Å²) in [5.41, 5.74) is 6.08. The van der Waals surface area contributed by atoms with Gasteiger partial charge in [-0.05, 0) is 39.2 Å². The second kappa shape index (κ2) is 9.68. The molecular formula is C18H29N5O7P+. The van der Waals surface area contributed by atoms with Crippen LogP contribution in [-0.2, 0) is 29.8 Å². The Morgan fingerprint density at radius 1 is 1.32 bits per heavy atom. The van der Waals surface area contributed by atoms with Crippen LogP contribution in [0.5, 0.6) is 0 Å². The number of aromatic nitrogens is 4. The van der Waals surface area contributed by atoms with E-state index < -0.39 is 32.8 Å². The monoisotopic (exact) mass is 458 g/mol. The van der Waals surface area contributed by atoms with Crippen LogP contribution in [0.25, 0.3) is 11.2 Å². The average Bonchev–Trinajstić information content (AvgIpc) is 3.18. The molecule has 13 heteroatoms. The van der Waals surface area contributed by atoms with E-state index in [1.807, 2.05) is 34.6 Å². The molecule has 1 fully saturated rings. The van der Waals surface area contributed by atoms with Crippen LogP contribution in [0.4, 0.5) is 5.95 Å². The predicted molar refractivity (Wildman–Crippen MR) is 108 cm³/mol. The number of hydrogen-bond donors (Lipinski definition) is 2. The standard InChI is InChI=1S/C18H28N5O7P/c1-6-22-8-23(15-12(22)16(24)21-18(19)20-15)17-14(29-10(4)5)13(28-9(2)3)11(30-17)7-27-31(25)26/h8-11,13-14,17H,6-7H2,1-5H3,(H2-,19,20,21,24)/p+1/t11-,13-,14-,17-/m1/s1. The fourth-order valence-electron chi connectivity index (χ4n) is 3.74. The minimum atomic E-state index is -3.05. The molecule has 1 aliphatic heterocycles. The zero-order chi connectivity index (χ0) is 22.9. The van der Waals surface area contributed by atoms with Gasteiger partial charge in [-0.3, -0.25) is 14.3 Å². The molecule has 12 nitrogen and oxygen atoms in total. The number of nitrogen functional groups attached to an aromatic ring is 1. The van der Waals surface area contributed by atoms with E-state index >= 15 is 0 Å². The van der Waals surface area contributed by atoms with E-state index in [9.17, 15) is 14.3 Å². The van der Waals surface area contributed by atoms with Gasteiger partial charge in [-0.1, -0.05) is 4.98 Å². The summed E-state index contributed by atoms with van der Waals surface area (Å²) < 4.78 is 37.6. The Morgan fingerprint density at radius 2 is 1.97 bits per heavy atom. The van der Waals surface area contributed by atoms with Crippen molar-refractivity contribution in [2.24, 2.45) is 0 Å². The Balaban J connectivity index is 2.11. The van der Waals surface area contributed by atoms with E-state index in [0.717, 1.165) is 0 Å². The summed E-state index contributed by atoms with van der Waals surface area (Å²) in [5, 5.41) is 0. The molecule has 3 rings (SSSR count). The Labute approximate surface area is 180 Å². The molecule has 0 saturated carbocycles. The van der Waals surface area contributed by atoms with Crippen LogP contribution in [-0.4, -0.2) is 51.7 Å². The Hall–Kier alpha value is -1.95. The smallest absolute Gasteiger partial charge is 0.488 e. The maximum atomic E-state index is 12.5. The van der Waals surface area contributed by atoms with Crippen molar-refractivity contribution in [3.63, 3.8) is 0 Å². The first-order valence-corrected chi connectivity index (χ1v) is 11.2. The van der Waals surface area contributed by atoms with Crippen molar-refractivity contribution in [2.75, 3.05) is 12.3 Å². The Kier molecular flexibility index (Phi) is 7.40. The first kappa shape index (κ1) is 23.7. The SMILES string of the molecule is CCn1c[n+]([C@@H]2O[C@H](CO[P+](=O)[O-])[C@@H](OC(C)C)[C@H]2OC(C)C)c2nc(N)[nH]c(=O)c21. The second-order valence-electron chi connectivity index (χ2n) is 7.82. The number of anilines is 1. The maximum Gasteiger partial charge on any atom is 0.488 e. The zero-order valence-electron chi connectivity index (χ0n) is 18.2. The van der Waals surface area contributed by atoms with Crippen molar-refractivity contribution in [3.8, 4) is 0 Å². The van der Waals surface area contributed by atoms with Gasteiger partial charge in [-0.25, -0.2) is 4.57 Å². The molecule has 31 heavy (non-hydrogen) atoms. The fraction of sp³-hybridized carbons (Fsp3) is 0.722. The second-order valence-corrected chi connectivity index (χ2v) is 8.52. The molecule has 0 aliphatic carbocycles. The number of H-pyrrole nitrogens is 1. The lowest BCUT2D eigenvalue weighted by molar-refractivity contribution is -0.746. The quantitative estimate of drug-likeness (QED) is 0.394. The third-order valence-corrected chi connectivity index (χ3v) is 5.15. The predicted octanol–water partition coefficient (Wildman–Crippen LogP) is 0.133. The summed E-state index contributed by atoms with van der Waals surface area (Å²) >= 11 is 0. The van der Waals surface area contributed by atoms with Crippen molar-refractivity contribution >= 4 is 25.4 Å². The lowest BCUT2D eigenvalue weighted by Gasteiger charge is -2.26. The molecule has 1 unspecified atom stereocenters. The highest BCUT2D eigenvalue weighted by Gasteiger charge is 2.51. The summed E-state index contributed by atoms with van der Waals surface area (Å²) in [6.45, 7) is 9.66. The zero-order valence-corrected chi connectivity index (χ0v) is 19.1. The van der Waals surface area contributed by atoms with E-state index in [0.29, 0.717) is 17.7 Å². The van der Waals surface area contributed by atoms with Crippen molar-refractivity contribution in [1.82, 2.24) is 14.5 Å². The molecule has 0 bridgehead atoms. The van der Waals surface area contributed by atoms with Crippen LogP contribution in [0.2, 0.25) is 0 Å². The normalized spacial score (nSPS) is 24.6. The number of fused-ring (bicyclic) bond motifs is 1. The van der Waals surface area contributed by atoms with E-state index in [1.165, 1.54) is 0 Å². The van der Waals surface area contributed by atoms with Crippen molar-refractivity contribution in [2.45, 2.75) is 77.9 Å². The molecule has 0 radical (unpaired) electrons. The van der Waals surface area contributed by atoms with Crippen molar-refractivity contribution in [1.29, 1.82) is 0 Å². The molecule has 0 spiro atoms. The molecule has 0 aromatic carbocycles. The molecule has 1 saturated heterocycles. The van der Waals surface area contributed by atoms with Gasteiger partial charge in [0, 0.05) is 0 Å². The van der Waals surface area contributed by atoms with E-state index in [1.54, 1.807) is 15.5 Å². The molecule has 1 aliphatic rings. The summed E-state index contributed by atoms with van der Waals surface area (Å²) in [6, 6.07) is 0. The molecule has 2 aromatic rings. The summed E-state index contributed by atoms with van der Waals surface area (Å²) in [6.07, 6.45) is -1.36. The van der Waals surface area contributed by atoms with Gasteiger partial charge >= 0.3 is 13.9 Å². The highest BCUT2D eigenvalue weighted by Crippen LogP contribution is 2.34. The molecule has 5 atom stereocenters. The average molecular weight is 458 g/mol. The van der Waals surface area contributed by atoms with Crippen LogP contribution < -0.4 is 20.8 Å². The van der Waals surface area contributed by atoms with Crippen molar-refractivity contribution in [3.05, 3.63) is 16.7 Å². The fourth-order valence-corrected chi connectivity index (χ4v) is 4.01. The van der Waals surface area contributed by atoms with Crippen LogP contribution in [0, 0.1) is 0 Å². The van der Waals surface area contributed by atoms with E-state index in [-0.39, 0.29) is 30.3 Å². The molecule has 2 aromatic heterocycles. The lowest BCUT2D eigenvalue weighted by Crippen LogP contribution is -2.49. The molecule has 3 heterocycles. The van der Waals surface area contributed by atoms with E-state index in [4.69, 9.17) is 24.5 Å². The third-order valence-electron chi connectivity index (χ3n) is 4.79. The summed E-state index contributed by atoms with van der Waals surface area (Å²) in [5.74, 6) is -0.0300. The Morgan fingerprint density at radius 3 is 2.55 bits per heavy atom.